The van der Waals surface area contributed by atoms with Crippen LogP contribution in [0.3, 0.4) is 0 Å². The molecule has 1 aromatic carbocycles. The summed E-state index contributed by atoms with van der Waals surface area (Å²) in [6, 6.07) is 0.646. The molecule has 23 heavy (non-hydrogen) atoms. The lowest BCUT2D eigenvalue weighted by molar-refractivity contribution is -0.142. The highest BCUT2D eigenvalue weighted by Gasteiger charge is 2.39. The molecule has 10 heteroatoms. The third kappa shape index (κ3) is 3.61. The molecule has 0 aliphatic carbocycles. The molecule has 128 valence electrons. The van der Waals surface area contributed by atoms with Crippen LogP contribution in [0, 0.1) is 0 Å². The number of hydrogen-bond donors (Lipinski definition) is 1. The van der Waals surface area contributed by atoms with E-state index in [4.69, 9.17) is 16.7 Å². The molecule has 2 rings (SSSR count). The zero-order valence-electron chi connectivity index (χ0n) is 11.7. The van der Waals surface area contributed by atoms with Gasteiger partial charge in [-0.05, 0) is 37.5 Å². The fourth-order valence-electron chi connectivity index (χ4n) is 2.45. The molecule has 1 aliphatic heterocycles. The number of sulfonamides is 1. The monoisotopic (exact) mass is 371 g/mol. The van der Waals surface area contributed by atoms with E-state index in [1.807, 2.05) is 0 Å². The van der Waals surface area contributed by atoms with Crippen molar-refractivity contribution in [2.75, 3.05) is 6.54 Å². The van der Waals surface area contributed by atoms with Gasteiger partial charge in [-0.15, -0.1) is 0 Å². The maximum atomic E-state index is 12.6. The molecule has 0 aromatic heterocycles. The minimum absolute atomic E-state index is 0.0172. The molecule has 5 nitrogen and oxygen atoms in total. The Bertz CT molecular complexity index is 720. The van der Waals surface area contributed by atoms with E-state index in [1.54, 1.807) is 0 Å². The molecular weight excluding hydrogens is 359 g/mol. The van der Waals surface area contributed by atoms with Gasteiger partial charge in [-0.25, -0.2) is 8.42 Å². The Morgan fingerprint density at radius 3 is 2.48 bits per heavy atom. The third-order valence-electron chi connectivity index (χ3n) is 3.58. The van der Waals surface area contributed by atoms with Crippen molar-refractivity contribution in [1.29, 1.82) is 0 Å². The maximum absolute atomic E-state index is 12.6. The molecule has 1 aliphatic rings. The number of benzene rings is 1. The predicted octanol–water partition coefficient (Wildman–Crippen LogP) is 2.99. The summed E-state index contributed by atoms with van der Waals surface area (Å²) in [5.41, 5.74) is -1.07. The van der Waals surface area contributed by atoms with E-state index in [0.717, 1.165) is 10.4 Å². The van der Waals surface area contributed by atoms with Crippen LogP contribution in [-0.4, -0.2) is 36.4 Å². The summed E-state index contributed by atoms with van der Waals surface area (Å²) in [4.78, 5) is 10.7. The number of nitrogens with zero attached hydrogens (tertiary/aromatic N) is 1. The van der Waals surface area contributed by atoms with Crippen LogP contribution < -0.4 is 0 Å². The number of alkyl halides is 3. The number of carboxylic acids is 1. The first-order chi connectivity index (χ1) is 10.5. The fraction of sp³-hybridized carbons (Fsp3) is 0.462. The van der Waals surface area contributed by atoms with Gasteiger partial charge in [-0.3, -0.25) is 4.79 Å². The normalized spacial score (nSPS) is 20.4. The van der Waals surface area contributed by atoms with Crippen molar-refractivity contribution in [3.05, 3.63) is 28.8 Å². The Labute approximate surface area is 135 Å². The van der Waals surface area contributed by atoms with Crippen LogP contribution in [0.2, 0.25) is 5.02 Å². The molecule has 0 radical (unpaired) electrons. The lowest BCUT2D eigenvalue weighted by Gasteiger charge is -2.32. The van der Waals surface area contributed by atoms with Gasteiger partial charge in [-0.1, -0.05) is 11.6 Å². The lowest BCUT2D eigenvalue weighted by atomic mass is 10.1. The summed E-state index contributed by atoms with van der Waals surface area (Å²) in [5.74, 6) is -1.30. The Morgan fingerprint density at radius 2 is 1.96 bits per heavy atom. The van der Waals surface area contributed by atoms with E-state index < -0.39 is 43.7 Å². The van der Waals surface area contributed by atoms with Gasteiger partial charge in [0.15, 0.2) is 0 Å². The van der Waals surface area contributed by atoms with Crippen molar-refractivity contribution in [3.8, 4) is 0 Å². The Balaban J connectivity index is 2.45. The zero-order chi connectivity index (χ0) is 17.4. The minimum Gasteiger partial charge on any atom is -0.480 e. The maximum Gasteiger partial charge on any atom is 0.416 e. The first-order valence-corrected chi connectivity index (χ1v) is 8.48. The highest BCUT2D eigenvalue weighted by atomic mass is 35.5. The average Bonchev–Trinajstić information content (AvgIpc) is 2.45. The number of aliphatic carboxylic acids is 1. The Morgan fingerprint density at radius 1 is 1.30 bits per heavy atom. The minimum atomic E-state index is -4.65. The molecule has 1 heterocycles. The van der Waals surface area contributed by atoms with Crippen LogP contribution in [0.1, 0.15) is 24.8 Å². The van der Waals surface area contributed by atoms with Crippen molar-refractivity contribution in [2.24, 2.45) is 0 Å². The van der Waals surface area contributed by atoms with Gasteiger partial charge in [0.25, 0.3) is 0 Å². The summed E-state index contributed by atoms with van der Waals surface area (Å²) in [7, 11) is -4.30. The van der Waals surface area contributed by atoms with E-state index in [1.165, 1.54) is 0 Å². The molecule has 0 spiro atoms. The molecule has 1 atom stereocenters. The van der Waals surface area contributed by atoms with Crippen molar-refractivity contribution >= 4 is 27.6 Å². The van der Waals surface area contributed by atoms with Crippen molar-refractivity contribution in [2.45, 2.75) is 36.4 Å². The molecule has 1 N–H and O–H groups in total. The lowest BCUT2D eigenvalue weighted by Crippen LogP contribution is -2.47. The smallest absolute Gasteiger partial charge is 0.416 e. The first kappa shape index (κ1) is 18.0. The zero-order valence-corrected chi connectivity index (χ0v) is 13.2. The second kappa shape index (κ2) is 6.29. The molecule has 1 aromatic rings. The van der Waals surface area contributed by atoms with Crippen LogP contribution in [-0.2, 0) is 21.0 Å². The summed E-state index contributed by atoms with van der Waals surface area (Å²) >= 11 is 5.71. The molecule has 0 unspecified atom stereocenters. The van der Waals surface area contributed by atoms with Gasteiger partial charge in [0.05, 0.1) is 10.6 Å². The Hall–Kier alpha value is -1.32. The summed E-state index contributed by atoms with van der Waals surface area (Å²) in [5, 5.41) is 8.56. The number of piperidine rings is 1. The second-order valence-corrected chi connectivity index (χ2v) is 7.37. The highest BCUT2D eigenvalue weighted by molar-refractivity contribution is 7.89. The van der Waals surface area contributed by atoms with Gasteiger partial charge in [-0.2, -0.15) is 17.5 Å². The molecule has 0 saturated carbocycles. The van der Waals surface area contributed by atoms with Crippen molar-refractivity contribution < 1.29 is 31.5 Å². The predicted molar refractivity (Wildman–Crippen MR) is 75.6 cm³/mol. The molecule has 1 saturated heterocycles. The van der Waals surface area contributed by atoms with Gasteiger partial charge < -0.3 is 5.11 Å². The number of carboxylic acid groups (broad SMARTS) is 1. The number of rotatable bonds is 3. The first-order valence-electron chi connectivity index (χ1n) is 6.66. The summed E-state index contributed by atoms with van der Waals surface area (Å²) in [6.45, 7) is -0.0172. The molecular formula is C13H13ClF3NO4S. The van der Waals surface area contributed by atoms with Crippen LogP contribution in [0.15, 0.2) is 23.1 Å². The fourth-order valence-corrected chi connectivity index (χ4v) is 4.62. The van der Waals surface area contributed by atoms with Crippen LogP contribution in [0.5, 0.6) is 0 Å². The summed E-state index contributed by atoms with van der Waals surface area (Å²) < 4.78 is 63.8. The van der Waals surface area contributed by atoms with E-state index in [9.17, 15) is 26.4 Å². The van der Waals surface area contributed by atoms with E-state index in [-0.39, 0.29) is 13.0 Å². The van der Waals surface area contributed by atoms with Gasteiger partial charge in [0.2, 0.25) is 10.0 Å². The van der Waals surface area contributed by atoms with E-state index >= 15 is 0 Å². The van der Waals surface area contributed by atoms with Crippen LogP contribution in [0.25, 0.3) is 0 Å². The van der Waals surface area contributed by atoms with Gasteiger partial charge >= 0.3 is 12.1 Å². The van der Waals surface area contributed by atoms with Crippen LogP contribution in [0.4, 0.5) is 13.2 Å². The largest absolute Gasteiger partial charge is 0.480 e. The van der Waals surface area contributed by atoms with E-state index in [0.29, 0.717) is 25.0 Å². The Kier molecular flexibility index (Phi) is 4.93. The SMILES string of the molecule is O=C(O)[C@@H]1CCCCN1S(=O)(=O)c1ccc(C(F)(F)F)cc1Cl. The molecule has 1 fully saturated rings. The van der Waals surface area contributed by atoms with Gasteiger partial charge in [0, 0.05) is 6.54 Å². The average molecular weight is 372 g/mol. The highest BCUT2D eigenvalue weighted by Crippen LogP contribution is 2.35. The quantitative estimate of drug-likeness (QED) is 0.886. The van der Waals surface area contributed by atoms with Crippen molar-refractivity contribution in [1.82, 2.24) is 4.31 Å². The standard InChI is InChI=1S/C13H13ClF3NO4S/c14-9-7-8(13(15,16)17)4-5-11(9)23(21,22)18-6-2-1-3-10(18)12(19)20/h4-5,7,10H,1-3,6H2,(H,19,20)/t10-/m0/s1. The van der Waals surface area contributed by atoms with Crippen molar-refractivity contribution in [3.63, 3.8) is 0 Å². The number of hydrogen-bond acceptors (Lipinski definition) is 3. The summed E-state index contributed by atoms with van der Waals surface area (Å²) in [6.07, 6.45) is -3.47. The second-order valence-electron chi connectivity index (χ2n) is 5.11. The van der Waals surface area contributed by atoms with Crippen LogP contribution >= 0.6 is 11.6 Å². The number of carbonyl (C=O) groups is 1. The van der Waals surface area contributed by atoms with Gasteiger partial charge in [0.1, 0.15) is 10.9 Å². The third-order valence-corrected chi connectivity index (χ3v) is 5.98. The topological polar surface area (TPSA) is 74.7 Å². The molecule has 0 amide bonds. The molecule has 0 bridgehead atoms. The number of halogens is 4. The van der Waals surface area contributed by atoms with E-state index in [2.05, 4.69) is 0 Å².